The first-order chi connectivity index (χ1) is 7.33. The summed E-state index contributed by atoms with van der Waals surface area (Å²) in [7, 11) is -2.30. The zero-order valence-electron chi connectivity index (χ0n) is 9.17. The van der Waals surface area contributed by atoms with Crippen LogP contribution in [0.2, 0.25) is 6.04 Å². The van der Waals surface area contributed by atoms with Crippen molar-refractivity contribution in [1.29, 1.82) is 0 Å². The zero-order chi connectivity index (χ0) is 11.0. The van der Waals surface area contributed by atoms with Crippen molar-refractivity contribution in [2.24, 2.45) is 0 Å². The molecular weight excluding hydrogens is 343 g/mol. The van der Waals surface area contributed by atoms with E-state index in [1.165, 1.54) is 0 Å². The summed E-state index contributed by atoms with van der Waals surface area (Å²) in [5, 5.41) is 0. The van der Waals surface area contributed by atoms with Crippen LogP contribution in [0, 0.1) is 0 Å². The largest absolute Gasteiger partial charge is 0.501 e. The molecule has 0 aromatic carbocycles. The van der Waals surface area contributed by atoms with E-state index in [-0.39, 0.29) is 0 Å². The molecule has 0 aromatic rings. The third kappa shape index (κ3) is 5.36. The average Bonchev–Trinajstić information content (AvgIpc) is 2.21. The van der Waals surface area contributed by atoms with E-state index in [0.717, 1.165) is 41.6 Å². The first-order valence-corrected chi connectivity index (χ1v) is 10.00. The van der Waals surface area contributed by atoms with E-state index in [1.54, 1.807) is 0 Å². The summed E-state index contributed by atoms with van der Waals surface area (Å²) in [6.07, 6.45) is 1.12. The molecule has 15 heavy (non-hydrogen) atoms. The van der Waals surface area contributed by atoms with Gasteiger partial charge in [0.25, 0.3) is 0 Å². The molecule has 0 saturated carbocycles. The molecule has 0 radical (unpaired) electrons. The molecule has 0 aromatic heterocycles. The fraction of sp³-hybridized carbons (Fsp3) is 1.00. The third-order valence-corrected chi connectivity index (χ3v) is 6.74. The molecule has 0 atom stereocenters. The Morgan fingerprint density at radius 2 is 2.00 bits per heavy atom. The highest BCUT2D eigenvalue weighted by molar-refractivity contribution is 14.1. The second kappa shape index (κ2) is 8.29. The first-order valence-electron chi connectivity index (χ1n) is 5.38. The summed E-state index contributed by atoms with van der Waals surface area (Å²) >= 11 is 4.27. The van der Waals surface area contributed by atoms with Crippen LogP contribution in [0.25, 0.3) is 0 Å². The maximum Gasteiger partial charge on any atom is 0.501 e. The Bertz CT molecular complexity index is 160. The number of rotatable bonds is 5. The van der Waals surface area contributed by atoms with E-state index >= 15 is 0 Å². The van der Waals surface area contributed by atoms with Gasteiger partial charge in [-0.25, -0.2) is 0 Å². The maximum absolute atomic E-state index is 5.88. The SMILES string of the molecule is CCO[Si]1(CCCI)OCCSCCO1. The van der Waals surface area contributed by atoms with Gasteiger partial charge < -0.3 is 13.3 Å². The summed E-state index contributed by atoms with van der Waals surface area (Å²) in [6, 6.07) is 0.967. The quantitative estimate of drug-likeness (QED) is 0.427. The van der Waals surface area contributed by atoms with Crippen LogP contribution in [-0.4, -0.2) is 44.6 Å². The van der Waals surface area contributed by atoms with Gasteiger partial charge in [-0.1, -0.05) is 22.6 Å². The Morgan fingerprint density at radius 1 is 1.33 bits per heavy atom. The molecule has 0 aliphatic carbocycles. The van der Waals surface area contributed by atoms with Gasteiger partial charge in [0.05, 0.1) is 0 Å². The molecule has 1 rings (SSSR count). The van der Waals surface area contributed by atoms with Crippen molar-refractivity contribution < 1.29 is 13.3 Å². The molecule has 90 valence electrons. The van der Waals surface area contributed by atoms with Gasteiger partial charge in [0.1, 0.15) is 0 Å². The predicted octanol–water partition coefficient (Wildman–Crippen LogP) is 2.57. The molecular formula is C9H19IO3SSi. The van der Waals surface area contributed by atoms with Crippen LogP contribution in [0.1, 0.15) is 13.3 Å². The fourth-order valence-electron chi connectivity index (χ4n) is 1.46. The molecule has 1 heterocycles. The molecule has 1 fully saturated rings. The van der Waals surface area contributed by atoms with Crippen LogP contribution < -0.4 is 0 Å². The van der Waals surface area contributed by atoms with Crippen molar-refractivity contribution in [3.05, 3.63) is 0 Å². The molecule has 0 spiro atoms. The minimum Gasteiger partial charge on any atom is -0.374 e. The van der Waals surface area contributed by atoms with E-state index in [9.17, 15) is 0 Å². The lowest BCUT2D eigenvalue weighted by Gasteiger charge is -2.30. The number of hydrogen-bond donors (Lipinski definition) is 0. The van der Waals surface area contributed by atoms with Gasteiger partial charge in [0.2, 0.25) is 0 Å². The van der Waals surface area contributed by atoms with Crippen molar-refractivity contribution in [3.8, 4) is 0 Å². The Balaban J connectivity index is 2.49. The molecule has 1 saturated heterocycles. The minimum absolute atomic E-state index is 0.695. The lowest BCUT2D eigenvalue weighted by molar-refractivity contribution is 0.0710. The fourth-order valence-corrected chi connectivity index (χ4v) is 6.02. The number of thioether (sulfide) groups is 1. The van der Waals surface area contributed by atoms with Crippen LogP contribution in [0.4, 0.5) is 0 Å². The van der Waals surface area contributed by atoms with Crippen molar-refractivity contribution in [3.63, 3.8) is 0 Å². The van der Waals surface area contributed by atoms with Crippen LogP contribution in [0.15, 0.2) is 0 Å². The van der Waals surface area contributed by atoms with Gasteiger partial charge in [0, 0.05) is 37.4 Å². The van der Waals surface area contributed by atoms with Crippen molar-refractivity contribution in [2.75, 3.05) is 35.8 Å². The monoisotopic (exact) mass is 362 g/mol. The lowest BCUT2D eigenvalue weighted by atomic mass is 10.6. The standard InChI is InChI=1S/C9H19IO3SSi/c1-2-11-15(9-3-4-10)12-5-7-14-8-6-13-15/h2-9H2,1H3. The van der Waals surface area contributed by atoms with Crippen LogP contribution >= 0.6 is 34.4 Å². The Kier molecular flexibility index (Phi) is 7.87. The Labute approximate surface area is 111 Å². The molecule has 0 bridgehead atoms. The first kappa shape index (κ1) is 14.2. The predicted molar refractivity (Wildman–Crippen MR) is 74.9 cm³/mol. The average molecular weight is 362 g/mol. The number of hydrogen-bond acceptors (Lipinski definition) is 4. The Hall–Kier alpha value is 1.18. The van der Waals surface area contributed by atoms with E-state index < -0.39 is 8.80 Å². The van der Waals surface area contributed by atoms with Gasteiger partial charge in [-0.2, -0.15) is 11.8 Å². The van der Waals surface area contributed by atoms with E-state index in [2.05, 4.69) is 22.6 Å². The van der Waals surface area contributed by atoms with Crippen LogP contribution in [0.5, 0.6) is 0 Å². The summed E-state index contributed by atoms with van der Waals surface area (Å²) in [5.74, 6) is 2.13. The van der Waals surface area contributed by atoms with E-state index in [0.29, 0.717) is 6.61 Å². The van der Waals surface area contributed by atoms with Crippen molar-refractivity contribution >= 4 is 43.2 Å². The molecule has 0 unspecified atom stereocenters. The third-order valence-electron chi connectivity index (χ3n) is 2.08. The highest BCUT2D eigenvalue weighted by Crippen LogP contribution is 2.21. The summed E-state index contributed by atoms with van der Waals surface area (Å²) in [5.41, 5.74) is 0. The van der Waals surface area contributed by atoms with Crippen LogP contribution in [0.3, 0.4) is 0 Å². The van der Waals surface area contributed by atoms with Crippen molar-refractivity contribution in [1.82, 2.24) is 0 Å². The minimum atomic E-state index is -2.30. The van der Waals surface area contributed by atoms with Gasteiger partial charge in [-0.3, -0.25) is 0 Å². The Morgan fingerprint density at radius 3 is 2.53 bits per heavy atom. The molecule has 0 N–H and O–H groups in total. The molecule has 3 nitrogen and oxygen atoms in total. The van der Waals surface area contributed by atoms with Gasteiger partial charge >= 0.3 is 8.80 Å². The zero-order valence-corrected chi connectivity index (χ0v) is 13.1. The van der Waals surface area contributed by atoms with Gasteiger partial charge in [-0.05, 0) is 17.8 Å². The molecule has 1 aliphatic rings. The smallest absolute Gasteiger partial charge is 0.374 e. The molecule has 1 aliphatic heterocycles. The van der Waals surface area contributed by atoms with Crippen molar-refractivity contribution in [2.45, 2.75) is 19.4 Å². The second-order valence-electron chi connectivity index (χ2n) is 3.22. The van der Waals surface area contributed by atoms with Crippen LogP contribution in [-0.2, 0) is 13.3 Å². The second-order valence-corrected chi connectivity index (χ2v) is 8.25. The van der Waals surface area contributed by atoms with Gasteiger partial charge in [-0.15, -0.1) is 0 Å². The molecule has 6 heteroatoms. The highest BCUT2D eigenvalue weighted by atomic mass is 127. The maximum atomic E-state index is 5.88. The molecule has 0 amide bonds. The summed E-state index contributed by atoms with van der Waals surface area (Å²) in [4.78, 5) is 0. The van der Waals surface area contributed by atoms with Gasteiger partial charge in [0.15, 0.2) is 0 Å². The lowest BCUT2D eigenvalue weighted by Crippen LogP contribution is -2.47. The summed E-state index contributed by atoms with van der Waals surface area (Å²) < 4.78 is 18.7. The van der Waals surface area contributed by atoms with E-state index in [4.69, 9.17) is 13.3 Å². The summed E-state index contributed by atoms with van der Waals surface area (Å²) in [6.45, 7) is 4.26. The van der Waals surface area contributed by atoms with E-state index in [1.807, 2.05) is 18.7 Å². The number of alkyl halides is 1. The normalized spacial score (nSPS) is 22.0. The number of halogens is 1. The highest BCUT2D eigenvalue weighted by Gasteiger charge is 2.40. The topological polar surface area (TPSA) is 27.7 Å².